The SMILES string of the molecule is COc1ccc([C@@H]2C[C@@H](c3ccccc3)Nc3nc(NC(=O)COc4ccccc4)nn32)cc1. The highest BCUT2D eigenvalue weighted by Crippen LogP contribution is 2.38. The number of amides is 1. The number of aromatic nitrogens is 3. The van der Waals surface area contributed by atoms with Crippen molar-refractivity contribution >= 4 is 17.8 Å². The number of carbonyl (C=O) groups is 1. The van der Waals surface area contributed by atoms with Crippen molar-refractivity contribution in [3.05, 3.63) is 96.1 Å². The van der Waals surface area contributed by atoms with E-state index in [2.05, 4.69) is 32.8 Å². The Morgan fingerprint density at radius 2 is 1.68 bits per heavy atom. The summed E-state index contributed by atoms with van der Waals surface area (Å²) >= 11 is 0. The number of hydrogen-bond donors (Lipinski definition) is 2. The molecule has 0 fully saturated rings. The molecule has 0 spiro atoms. The lowest BCUT2D eigenvalue weighted by molar-refractivity contribution is -0.118. The van der Waals surface area contributed by atoms with Gasteiger partial charge in [-0.1, -0.05) is 60.7 Å². The summed E-state index contributed by atoms with van der Waals surface area (Å²) in [5.74, 6) is 1.92. The number of hydrogen-bond acceptors (Lipinski definition) is 6. The molecule has 0 unspecified atom stereocenters. The highest BCUT2D eigenvalue weighted by Gasteiger charge is 2.31. The Balaban J connectivity index is 1.38. The van der Waals surface area contributed by atoms with Gasteiger partial charge in [-0.05, 0) is 41.8 Å². The van der Waals surface area contributed by atoms with E-state index >= 15 is 0 Å². The second-order valence-corrected chi connectivity index (χ2v) is 7.99. The van der Waals surface area contributed by atoms with Gasteiger partial charge in [0.15, 0.2) is 6.61 Å². The van der Waals surface area contributed by atoms with E-state index < -0.39 is 0 Å². The Morgan fingerprint density at radius 1 is 0.971 bits per heavy atom. The maximum absolute atomic E-state index is 12.4. The fraction of sp³-hybridized carbons (Fsp3) is 0.192. The summed E-state index contributed by atoms with van der Waals surface area (Å²) in [6.07, 6.45) is 0.775. The van der Waals surface area contributed by atoms with Crippen LogP contribution in [-0.4, -0.2) is 34.4 Å². The van der Waals surface area contributed by atoms with E-state index in [9.17, 15) is 4.79 Å². The number of anilines is 2. The Morgan fingerprint density at radius 3 is 2.38 bits per heavy atom. The molecule has 2 N–H and O–H groups in total. The maximum Gasteiger partial charge on any atom is 0.264 e. The third-order valence-corrected chi connectivity index (χ3v) is 5.76. The van der Waals surface area contributed by atoms with E-state index in [4.69, 9.17) is 9.47 Å². The first-order valence-corrected chi connectivity index (χ1v) is 11.1. The van der Waals surface area contributed by atoms with Crippen molar-refractivity contribution in [1.82, 2.24) is 14.8 Å². The van der Waals surface area contributed by atoms with Gasteiger partial charge in [0.1, 0.15) is 11.5 Å². The number of ether oxygens (including phenoxy) is 2. The molecule has 2 atom stereocenters. The smallest absolute Gasteiger partial charge is 0.264 e. The van der Waals surface area contributed by atoms with E-state index in [0.29, 0.717) is 11.7 Å². The van der Waals surface area contributed by atoms with Crippen LogP contribution in [0.3, 0.4) is 0 Å². The van der Waals surface area contributed by atoms with Crippen molar-refractivity contribution in [3.63, 3.8) is 0 Å². The van der Waals surface area contributed by atoms with Crippen molar-refractivity contribution in [2.45, 2.75) is 18.5 Å². The minimum atomic E-state index is -0.326. The number of nitrogens with zero attached hydrogens (tertiary/aromatic N) is 3. The molecule has 5 rings (SSSR count). The Labute approximate surface area is 197 Å². The van der Waals surface area contributed by atoms with Crippen molar-refractivity contribution in [2.75, 3.05) is 24.4 Å². The average molecular weight is 456 g/mol. The summed E-state index contributed by atoms with van der Waals surface area (Å²) in [5.41, 5.74) is 2.25. The molecule has 1 amide bonds. The zero-order chi connectivity index (χ0) is 23.3. The molecular formula is C26H25N5O3. The number of fused-ring (bicyclic) bond motifs is 1. The van der Waals surface area contributed by atoms with Gasteiger partial charge in [0.25, 0.3) is 11.9 Å². The standard InChI is InChI=1S/C26H25N5O3/c1-33-20-14-12-19(13-15-20)23-16-22(18-8-4-2-5-9-18)27-26-29-25(30-31(23)26)28-24(32)17-34-21-10-6-3-7-11-21/h2-15,22-23H,16-17H2,1H3,(H2,27,28,29,30,32)/t22-,23-/m0/s1. The van der Waals surface area contributed by atoms with Gasteiger partial charge in [0.05, 0.1) is 19.2 Å². The summed E-state index contributed by atoms with van der Waals surface area (Å²) in [4.78, 5) is 17.0. The van der Waals surface area contributed by atoms with Gasteiger partial charge in [-0.15, -0.1) is 5.10 Å². The monoisotopic (exact) mass is 455 g/mol. The van der Waals surface area contributed by atoms with Crippen LogP contribution in [-0.2, 0) is 4.79 Å². The van der Waals surface area contributed by atoms with Crippen LogP contribution in [0.2, 0.25) is 0 Å². The van der Waals surface area contributed by atoms with Crippen molar-refractivity contribution < 1.29 is 14.3 Å². The molecular weight excluding hydrogens is 430 g/mol. The van der Waals surface area contributed by atoms with Crippen LogP contribution < -0.4 is 20.1 Å². The number of benzene rings is 3. The molecule has 1 aliphatic rings. The maximum atomic E-state index is 12.4. The molecule has 2 heterocycles. The number of carbonyl (C=O) groups excluding carboxylic acids is 1. The minimum Gasteiger partial charge on any atom is -0.497 e. The van der Waals surface area contributed by atoms with Crippen LogP contribution in [0.25, 0.3) is 0 Å². The highest BCUT2D eigenvalue weighted by atomic mass is 16.5. The fourth-order valence-electron chi connectivity index (χ4n) is 4.06. The van der Waals surface area contributed by atoms with E-state index in [1.807, 2.05) is 65.3 Å². The summed E-state index contributed by atoms with van der Waals surface area (Å²) in [6, 6.07) is 27.4. The molecule has 8 nitrogen and oxygen atoms in total. The Bertz CT molecular complexity index is 1240. The van der Waals surface area contributed by atoms with Crippen LogP contribution in [0.5, 0.6) is 11.5 Å². The van der Waals surface area contributed by atoms with Gasteiger partial charge >= 0.3 is 0 Å². The van der Waals surface area contributed by atoms with Gasteiger partial charge in [-0.3, -0.25) is 10.1 Å². The zero-order valence-corrected chi connectivity index (χ0v) is 18.7. The van der Waals surface area contributed by atoms with Gasteiger partial charge in [0, 0.05) is 0 Å². The van der Waals surface area contributed by atoms with E-state index in [-0.39, 0.29) is 30.5 Å². The molecule has 8 heteroatoms. The summed E-state index contributed by atoms with van der Waals surface area (Å²) in [5, 5.41) is 10.8. The first-order chi connectivity index (χ1) is 16.7. The van der Waals surface area contributed by atoms with E-state index in [1.165, 1.54) is 0 Å². The molecule has 1 aromatic heterocycles. The zero-order valence-electron chi connectivity index (χ0n) is 18.7. The van der Waals surface area contributed by atoms with Crippen molar-refractivity contribution in [3.8, 4) is 11.5 Å². The summed E-state index contributed by atoms with van der Waals surface area (Å²) < 4.78 is 12.7. The second kappa shape index (κ2) is 9.66. The lowest BCUT2D eigenvalue weighted by Gasteiger charge is -2.31. The van der Waals surface area contributed by atoms with Gasteiger partial charge in [-0.25, -0.2) is 4.68 Å². The Hall–Kier alpha value is -4.33. The molecule has 34 heavy (non-hydrogen) atoms. The minimum absolute atomic E-state index is 0.0509. The summed E-state index contributed by atoms with van der Waals surface area (Å²) in [7, 11) is 1.65. The molecule has 0 bridgehead atoms. The van der Waals surface area contributed by atoms with Crippen LogP contribution in [0.1, 0.15) is 29.6 Å². The molecule has 0 radical (unpaired) electrons. The molecule has 172 valence electrons. The van der Waals surface area contributed by atoms with Crippen LogP contribution in [0.15, 0.2) is 84.9 Å². The second-order valence-electron chi connectivity index (χ2n) is 7.99. The predicted octanol–water partition coefficient (Wildman–Crippen LogP) is 4.45. The largest absolute Gasteiger partial charge is 0.497 e. The molecule has 4 aromatic rings. The van der Waals surface area contributed by atoms with Gasteiger partial charge in [-0.2, -0.15) is 4.98 Å². The lowest BCUT2D eigenvalue weighted by atomic mass is 9.93. The third-order valence-electron chi connectivity index (χ3n) is 5.76. The van der Waals surface area contributed by atoms with E-state index in [0.717, 1.165) is 23.3 Å². The van der Waals surface area contributed by atoms with Crippen molar-refractivity contribution in [1.29, 1.82) is 0 Å². The fourth-order valence-corrected chi connectivity index (χ4v) is 4.06. The molecule has 0 saturated heterocycles. The number of para-hydroxylation sites is 1. The molecule has 0 aliphatic carbocycles. The quantitative estimate of drug-likeness (QED) is 0.428. The first kappa shape index (κ1) is 21.5. The van der Waals surface area contributed by atoms with Crippen LogP contribution >= 0.6 is 0 Å². The van der Waals surface area contributed by atoms with Crippen LogP contribution in [0, 0.1) is 0 Å². The van der Waals surface area contributed by atoms with E-state index in [1.54, 1.807) is 19.2 Å². The topological polar surface area (TPSA) is 90.3 Å². The molecule has 0 saturated carbocycles. The number of rotatable bonds is 7. The Kier molecular flexibility index (Phi) is 6.11. The number of methoxy groups -OCH3 is 1. The van der Waals surface area contributed by atoms with Gasteiger partial charge in [0.2, 0.25) is 5.95 Å². The average Bonchev–Trinajstić information content (AvgIpc) is 3.30. The number of nitrogens with one attached hydrogen (secondary N) is 2. The normalized spacial score (nSPS) is 16.7. The first-order valence-electron chi connectivity index (χ1n) is 11.1. The predicted molar refractivity (Wildman–Crippen MR) is 129 cm³/mol. The molecule has 3 aromatic carbocycles. The molecule has 1 aliphatic heterocycles. The van der Waals surface area contributed by atoms with Crippen molar-refractivity contribution in [2.24, 2.45) is 0 Å². The van der Waals surface area contributed by atoms with Crippen LogP contribution in [0.4, 0.5) is 11.9 Å². The highest BCUT2D eigenvalue weighted by molar-refractivity contribution is 5.90. The lowest BCUT2D eigenvalue weighted by Crippen LogP contribution is -2.28. The van der Waals surface area contributed by atoms with Gasteiger partial charge < -0.3 is 14.8 Å². The third kappa shape index (κ3) is 4.71. The summed E-state index contributed by atoms with van der Waals surface area (Å²) in [6.45, 7) is -0.129.